The van der Waals surface area contributed by atoms with Gasteiger partial charge in [-0.1, -0.05) is 24.6 Å². The molecular weight excluding hydrogens is 346 g/mol. The van der Waals surface area contributed by atoms with Crippen LogP contribution in [0.2, 0.25) is 0 Å². The summed E-state index contributed by atoms with van der Waals surface area (Å²) in [5.74, 6) is 0.978. The molecule has 2 bridgehead atoms. The number of rotatable bonds is 5. The summed E-state index contributed by atoms with van der Waals surface area (Å²) in [5, 5.41) is 8.52. The van der Waals surface area contributed by atoms with Gasteiger partial charge in [0.1, 0.15) is 0 Å². The molecule has 1 aromatic carbocycles. The average Bonchev–Trinajstić information content (AvgIpc) is 3.07. The van der Waals surface area contributed by atoms with Crippen LogP contribution in [-0.2, 0) is 6.42 Å². The van der Waals surface area contributed by atoms with E-state index in [4.69, 9.17) is 4.99 Å². The van der Waals surface area contributed by atoms with Crippen LogP contribution in [0, 0.1) is 6.92 Å². The minimum Gasteiger partial charge on any atom is -0.361 e. The maximum absolute atomic E-state index is 4.89. The normalized spacial score (nSPS) is 25.8. The number of nitrogens with one attached hydrogen (secondary N) is 3. The molecule has 3 heterocycles. The lowest BCUT2D eigenvalue weighted by Crippen LogP contribution is -2.56. The number of piperidine rings is 2. The van der Waals surface area contributed by atoms with Crippen LogP contribution in [-0.4, -0.2) is 54.1 Å². The second-order valence-corrected chi connectivity index (χ2v) is 8.54. The minimum atomic E-state index is 0.542. The van der Waals surface area contributed by atoms with Crippen LogP contribution in [0.15, 0.2) is 29.4 Å². The van der Waals surface area contributed by atoms with Gasteiger partial charge in [0.25, 0.3) is 0 Å². The van der Waals surface area contributed by atoms with Crippen LogP contribution in [0.3, 0.4) is 0 Å². The van der Waals surface area contributed by atoms with Gasteiger partial charge in [-0.05, 0) is 64.1 Å². The summed E-state index contributed by atoms with van der Waals surface area (Å²) in [7, 11) is 2.31. The van der Waals surface area contributed by atoms with Gasteiger partial charge in [0.2, 0.25) is 0 Å². The Morgan fingerprint density at radius 1 is 1.25 bits per heavy atom. The third-order valence-corrected chi connectivity index (χ3v) is 6.69. The summed E-state index contributed by atoms with van der Waals surface area (Å²) in [6.07, 6.45) is 9.66. The molecule has 0 amide bonds. The van der Waals surface area contributed by atoms with Crippen molar-refractivity contribution < 1.29 is 0 Å². The Kier molecular flexibility index (Phi) is 5.90. The largest absolute Gasteiger partial charge is 0.361 e. The van der Waals surface area contributed by atoms with Crippen molar-refractivity contribution in [3.05, 3.63) is 35.5 Å². The lowest BCUT2D eigenvalue weighted by Gasteiger charge is -2.47. The van der Waals surface area contributed by atoms with E-state index in [9.17, 15) is 0 Å². The topological polar surface area (TPSA) is 55.5 Å². The zero-order valence-electron chi connectivity index (χ0n) is 17.6. The number of H-pyrrole nitrogens is 1. The Morgan fingerprint density at radius 3 is 2.79 bits per heavy atom. The number of fused-ring (bicyclic) bond motifs is 3. The Morgan fingerprint density at radius 2 is 2.04 bits per heavy atom. The summed E-state index contributed by atoms with van der Waals surface area (Å²) >= 11 is 0. The number of benzene rings is 1. The highest BCUT2D eigenvalue weighted by Crippen LogP contribution is 2.32. The summed E-state index contributed by atoms with van der Waals surface area (Å²) in [6, 6.07) is 8.52. The first kappa shape index (κ1) is 19.3. The van der Waals surface area contributed by atoms with Crippen molar-refractivity contribution in [2.75, 3.05) is 20.1 Å². The lowest BCUT2D eigenvalue weighted by molar-refractivity contribution is 0.0526. The fourth-order valence-electron chi connectivity index (χ4n) is 5.11. The third kappa shape index (κ3) is 4.04. The van der Waals surface area contributed by atoms with Crippen molar-refractivity contribution in [2.45, 2.75) is 70.5 Å². The van der Waals surface area contributed by atoms with Gasteiger partial charge < -0.3 is 20.5 Å². The van der Waals surface area contributed by atoms with E-state index in [1.807, 2.05) is 0 Å². The average molecular weight is 382 g/mol. The summed E-state index contributed by atoms with van der Waals surface area (Å²) in [4.78, 5) is 10.9. The second kappa shape index (κ2) is 8.56. The molecule has 5 heteroatoms. The first-order valence-electron chi connectivity index (χ1n) is 11.0. The van der Waals surface area contributed by atoms with Gasteiger partial charge in [0.15, 0.2) is 5.96 Å². The molecule has 2 aromatic rings. The standard InChI is InChI=1S/C23H35N5/c1-4-24-23(27-18-13-19-8-6-9-20(14-18)28(19)3)25-12-11-17-15-26-22-16(2)7-5-10-21(17)22/h5,7,10,15,18-20,26H,4,6,8-9,11-14H2,1-3H3,(H2,24,25,27). The fourth-order valence-corrected chi connectivity index (χ4v) is 5.11. The number of para-hydroxylation sites is 1. The molecule has 28 heavy (non-hydrogen) atoms. The Labute approximate surface area is 169 Å². The summed E-state index contributed by atoms with van der Waals surface area (Å²) in [6.45, 7) is 6.00. The van der Waals surface area contributed by atoms with Gasteiger partial charge in [-0.15, -0.1) is 0 Å². The van der Waals surface area contributed by atoms with E-state index >= 15 is 0 Å². The molecule has 0 radical (unpaired) electrons. The molecule has 152 valence electrons. The van der Waals surface area contributed by atoms with Crippen molar-refractivity contribution in [3.63, 3.8) is 0 Å². The number of aryl methyl sites for hydroxylation is 1. The highest BCUT2D eigenvalue weighted by atomic mass is 15.2. The molecule has 0 spiro atoms. The molecule has 2 aliphatic heterocycles. The minimum absolute atomic E-state index is 0.542. The monoisotopic (exact) mass is 381 g/mol. The number of aliphatic imine (C=N–C) groups is 1. The van der Waals surface area contributed by atoms with Gasteiger partial charge in [-0.2, -0.15) is 0 Å². The SMILES string of the molecule is CCNC(=NCCc1c[nH]c2c(C)cccc12)NC1CC2CCCC(C1)N2C. The number of nitrogens with zero attached hydrogens (tertiary/aromatic N) is 2. The summed E-state index contributed by atoms with van der Waals surface area (Å²) < 4.78 is 0. The van der Waals surface area contributed by atoms with Gasteiger partial charge in [-0.3, -0.25) is 4.99 Å². The van der Waals surface area contributed by atoms with E-state index in [1.54, 1.807) is 0 Å². The van der Waals surface area contributed by atoms with Crippen molar-refractivity contribution >= 4 is 16.9 Å². The number of hydrogen-bond donors (Lipinski definition) is 3. The first-order chi connectivity index (χ1) is 13.7. The van der Waals surface area contributed by atoms with Crippen LogP contribution < -0.4 is 10.6 Å². The van der Waals surface area contributed by atoms with E-state index in [1.165, 1.54) is 54.1 Å². The van der Waals surface area contributed by atoms with E-state index < -0.39 is 0 Å². The van der Waals surface area contributed by atoms with Gasteiger partial charge >= 0.3 is 0 Å². The van der Waals surface area contributed by atoms with E-state index in [0.717, 1.165) is 37.6 Å². The van der Waals surface area contributed by atoms with Crippen molar-refractivity contribution in [1.29, 1.82) is 0 Å². The molecule has 2 atom stereocenters. The molecule has 2 unspecified atom stereocenters. The quantitative estimate of drug-likeness (QED) is 0.548. The van der Waals surface area contributed by atoms with Crippen LogP contribution in [0.25, 0.3) is 10.9 Å². The first-order valence-corrected chi connectivity index (χ1v) is 11.0. The van der Waals surface area contributed by atoms with Crippen molar-refractivity contribution in [1.82, 2.24) is 20.5 Å². The van der Waals surface area contributed by atoms with Crippen LogP contribution in [0.1, 0.15) is 50.2 Å². The Hall–Kier alpha value is -2.01. The number of aromatic nitrogens is 1. The molecule has 2 fully saturated rings. The van der Waals surface area contributed by atoms with Crippen LogP contribution in [0.4, 0.5) is 0 Å². The van der Waals surface area contributed by atoms with Crippen molar-refractivity contribution in [2.24, 2.45) is 4.99 Å². The van der Waals surface area contributed by atoms with Gasteiger partial charge in [0.05, 0.1) is 0 Å². The maximum Gasteiger partial charge on any atom is 0.191 e. The highest BCUT2D eigenvalue weighted by Gasteiger charge is 2.36. The highest BCUT2D eigenvalue weighted by molar-refractivity contribution is 5.86. The van der Waals surface area contributed by atoms with E-state index in [0.29, 0.717) is 6.04 Å². The molecule has 1 aromatic heterocycles. The van der Waals surface area contributed by atoms with Crippen LogP contribution in [0.5, 0.6) is 0 Å². The molecule has 0 aliphatic carbocycles. The summed E-state index contributed by atoms with van der Waals surface area (Å²) in [5.41, 5.74) is 3.91. The molecule has 0 saturated carbocycles. The Balaban J connectivity index is 1.38. The molecular formula is C23H35N5. The predicted molar refractivity (Wildman–Crippen MR) is 118 cm³/mol. The third-order valence-electron chi connectivity index (χ3n) is 6.69. The van der Waals surface area contributed by atoms with Gasteiger partial charge in [-0.25, -0.2) is 0 Å². The Bertz CT molecular complexity index is 810. The number of hydrogen-bond acceptors (Lipinski definition) is 2. The number of guanidine groups is 1. The molecule has 2 saturated heterocycles. The zero-order valence-corrected chi connectivity index (χ0v) is 17.6. The zero-order chi connectivity index (χ0) is 19.5. The molecule has 3 N–H and O–H groups in total. The molecule has 2 aliphatic rings. The smallest absolute Gasteiger partial charge is 0.191 e. The second-order valence-electron chi connectivity index (χ2n) is 8.54. The van der Waals surface area contributed by atoms with Gasteiger partial charge in [0, 0.05) is 48.3 Å². The van der Waals surface area contributed by atoms with E-state index in [-0.39, 0.29) is 0 Å². The predicted octanol–water partition coefficient (Wildman–Crippen LogP) is 3.59. The fraction of sp³-hybridized carbons (Fsp3) is 0.609. The molecule has 4 rings (SSSR count). The lowest BCUT2D eigenvalue weighted by atomic mass is 9.82. The molecule has 5 nitrogen and oxygen atoms in total. The number of aromatic amines is 1. The maximum atomic E-state index is 4.89. The van der Waals surface area contributed by atoms with E-state index in [2.05, 4.69) is 65.8 Å². The van der Waals surface area contributed by atoms with Crippen LogP contribution >= 0.6 is 0 Å². The van der Waals surface area contributed by atoms with Crippen molar-refractivity contribution in [3.8, 4) is 0 Å².